The molecule has 14 heteroatoms. The average molecular weight is 452 g/mol. The van der Waals surface area contributed by atoms with Gasteiger partial charge in [0.2, 0.25) is 17.2 Å². The lowest BCUT2D eigenvalue weighted by Gasteiger charge is -2.21. The maximum atomic E-state index is 12.5. The van der Waals surface area contributed by atoms with Gasteiger partial charge in [-0.15, -0.1) is 4.33 Å². The molecule has 0 fully saturated rings. The van der Waals surface area contributed by atoms with Crippen molar-refractivity contribution < 1.29 is 27.2 Å². The molecule has 0 bridgehead atoms. The number of nitrogens with zero attached hydrogens (tertiary/aromatic N) is 4. The van der Waals surface area contributed by atoms with E-state index in [4.69, 9.17) is 21.0 Å². The van der Waals surface area contributed by atoms with Crippen LogP contribution >= 0.6 is 23.9 Å². The first-order valence-corrected chi connectivity index (χ1v) is 10.6. The Morgan fingerprint density at radius 2 is 2.11 bits per heavy atom. The molecule has 0 unspecified atom stereocenters. The smallest absolute Gasteiger partial charge is 0.236 e. The molecule has 0 amide bonds. The Hall–Kier alpha value is -1.74. The summed E-state index contributed by atoms with van der Waals surface area (Å²) < 4.78 is 33.9. The van der Waals surface area contributed by atoms with Gasteiger partial charge in [0.15, 0.2) is 22.2 Å². The predicted molar refractivity (Wildman–Crippen MR) is 104 cm³/mol. The minimum absolute atomic E-state index is 0.0142. The Labute approximate surface area is 171 Å². The molecule has 2 aromatic rings. The molecule has 0 aliphatic heterocycles. The van der Waals surface area contributed by atoms with Crippen LogP contribution in [0.5, 0.6) is 0 Å². The minimum Gasteiger partial charge on any atom is -0.357 e. The van der Waals surface area contributed by atoms with Crippen LogP contribution in [0.25, 0.3) is 0 Å². The molecule has 0 saturated heterocycles. The van der Waals surface area contributed by atoms with Crippen molar-refractivity contribution in [2.75, 3.05) is 36.2 Å². The van der Waals surface area contributed by atoms with Crippen molar-refractivity contribution in [3.63, 3.8) is 0 Å². The Morgan fingerprint density at radius 3 is 2.79 bits per heavy atom. The fourth-order valence-electron chi connectivity index (χ4n) is 2.18. The number of halogens is 1. The highest BCUT2D eigenvalue weighted by Crippen LogP contribution is 2.26. The number of benzene rings is 1. The van der Waals surface area contributed by atoms with Gasteiger partial charge in [0, 0.05) is 19.3 Å². The number of aromatic nitrogens is 3. The van der Waals surface area contributed by atoms with Crippen LogP contribution in [0.3, 0.4) is 0 Å². The molecule has 0 aliphatic carbocycles. The normalized spacial score (nSPS) is 11.4. The molecule has 11 nitrogen and oxygen atoms in total. The summed E-state index contributed by atoms with van der Waals surface area (Å²) in [4.78, 5) is 14.1. The van der Waals surface area contributed by atoms with E-state index < -0.39 is 9.84 Å². The predicted octanol–water partition coefficient (Wildman–Crippen LogP) is 2.50. The van der Waals surface area contributed by atoms with Crippen molar-refractivity contribution in [1.29, 1.82) is 0 Å². The Bertz CT molecular complexity index is 888. The highest BCUT2D eigenvalue weighted by atomic mass is 35.5. The van der Waals surface area contributed by atoms with Gasteiger partial charge in [0.1, 0.15) is 0 Å². The largest absolute Gasteiger partial charge is 0.357 e. The van der Waals surface area contributed by atoms with E-state index in [1.54, 1.807) is 24.1 Å². The maximum absolute atomic E-state index is 12.5. The molecule has 1 aromatic carbocycles. The molecule has 1 aromatic heterocycles. The second kappa shape index (κ2) is 10.7. The summed E-state index contributed by atoms with van der Waals surface area (Å²) in [7, 11) is -1.98. The van der Waals surface area contributed by atoms with Crippen molar-refractivity contribution in [3.05, 3.63) is 29.5 Å². The standard InChI is InChI=1S/C14H18ClN5O6S2/c1-3-20(14-18-12(15)17-13(16-2)19-14)10-5-4-6-11(9-10)28(22,23)8-7-24-27-26-25-21/h4-6,9,21H,3,7-8H2,1-2H3,(H,16,17,18,19). The molecule has 2 rings (SSSR count). The van der Waals surface area contributed by atoms with Crippen LogP contribution in [0.2, 0.25) is 5.28 Å². The monoisotopic (exact) mass is 451 g/mol. The van der Waals surface area contributed by atoms with E-state index in [0.717, 1.165) is 0 Å². The molecule has 2 N–H and O–H groups in total. The fraction of sp³-hybridized carbons (Fsp3) is 0.357. The number of hydrogen-bond donors (Lipinski definition) is 2. The van der Waals surface area contributed by atoms with Gasteiger partial charge in [-0.3, -0.25) is 4.18 Å². The van der Waals surface area contributed by atoms with Gasteiger partial charge in [-0.25, -0.2) is 13.7 Å². The van der Waals surface area contributed by atoms with Gasteiger partial charge in [0.25, 0.3) is 0 Å². The van der Waals surface area contributed by atoms with E-state index in [1.807, 2.05) is 6.92 Å². The van der Waals surface area contributed by atoms with E-state index in [9.17, 15) is 8.42 Å². The van der Waals surface area contributed by atoms with Gasteiger partial charge in [-0.2, -0.15) is 15.0 Å². The van der Waals surface area contributed by atoms with Crippen LogP contribution in [0.15, 0.2) is 29.2 Å². The molecule has 1 heterocycles. The van der Waals surface area contributed by atoms with E-state index in [1.165, 1.54) is 12.1 Å². The summed E-state index contributed by atoms with van der Waals surface area (Å²) in [5.74, 6) is 0.273. The summed E-state index contributed by atoms with van der Waals surface area (Å²) in [6.45, 7) is 2.16. The number of sulfone groups is 1. The summed E-state index contributed by atoms with van der Waals surface area (Å²) in [5.41, 5.74) is 0.570. The van der Waals surface area contributed by atoms with E-state index in [0.29, 0.717) is 30.5 Å². The molecule has 0 spiro atoms. The number of anilines is 3. The molecule has 0 atom stereocenters. The van der Waals surface area contributed by atoms with Crippen molar-refractivity contribution in [2.45, 2.75) is 11.8 Å². The Morgan fingerprint density at radius 1 is 1.32 bits per heavy atom. The second-order valence-electron chi connectivity index (χ2n) is 5.07. The zero-order valence-electron chi connectivity index (χ0n) is 14.9. The van der Waals surface area contributed by atoms with E-state index >= 15 is 0 Å². The summed E-state index contributed by atoms with van der Waals surface area (Å²) in [6, 6.07) is 6.34. The van der Waals surface area contributed by atoms with Crippen molar-refractivity contribution >= 4 is 51.3 Å². The van der Waals surface area contributed by atoms with Crippen molar-refractivity contribution in [2.24, 2.45) is 0 Å². The third-order valence-electron chi connectivity index (χ3n) is 3.41. The lowest BCUT2D eigenvalue weighted by atomic mass is 10.3. The third-order valence-corrected chi connectivity index (χ3v) is 5.63. The quantitative estimate of drug-likeness (QED) is 0.225. The van der Waals surface area contributed by atoms with Crippen LogP contribution in [0.1, 0.15) is 6.92 Å². The average Bonchev–Trinajstić information content (AvgIpc) is 2.68. The first kappa shape index (κ1) is 22.5. The lowest BCUT2D eigenvalue weighted by molar-refractivity contribution is -0.434. The van der Waals surface area contributed by atoms with Crippen LogP contribution < -0.4 is 10.2 Å². The number of nitrogens with one attached hydrogen (secondary N) is 1. The van der Waals surface area contributed by atoms with Crippen molar-refractivity contribution in [3.8, 4) is 0 Å². The summed E-state index contributed by atoms with van der Waals surface area (Å²) >= 11 is 6.26. The lowest BCUT2D eigenvalue weighted by Crippen LogP contribution is -2.20. The van der Waals surface area contributed by atoms with Crippen LogP contribution in [0.4, 0.5) is 17.6 Å². The van der Waals surface area contributed by atoms with Gasteiger partial charge >= 0.3 is 0 Å². The van der Waals surface area contributed by atoms with E-state index in [-0.39, 0.29) is 28.5 Å². The number of hydrogen-bond acceptors (Lipinski definition) is 12. The van der Waals surface area contributed by atoms with Gasteiger partial charge in [0.05, 0.1) is 17.3 Å². The fourth-order valence-corrected chi connectivity index (χ4v) is 3.79. The summed E-state index contributed by atoms with van der Waals surface area (Å²) in [6.07, 6.45) is 0. The molecular weight excluding hydrogens is 434 g/mol. The zero-order valence-corrected chi connectivity index (χ0v) is 17.3. The number of rotatable bonds is 11. The third kappa shape index (κ3) is 6.13. The first-order chi connectivity index (χ1) is 13.4. The highest BCUT2D eigenvalue weighted by molar-refractivity contribution is 7.91. The molecule has 28 heavy (non-hydrogen) atoms. The second-order valence-corrected chi connectivity index (χ2v) is 8.03. The maximum Gasteiger partial charge on any atom is 0.236 e. The van der Waals surface area contributed by atoms with Crippen molar-refractivity contribution in [1.82, 2.24) is 15.0 Å². The Balaban J connectivity index is 2.24. The van der Waals surface area contributed by atoms with Crippen LogP contribution in [-0.2, 0) is 23.4 Å². The van der Waals surface area contributed by atoms with Crippen LogP contribution in [-0.4, -0.2) is 54.6 Å². The van der Waals surface area contributed by atoms with Gasteiger partial charge < -0.3 is 10.2 Å². The molecular formula is C14H18ClN5O6S2. The zero-order chi connectivity index (χ0) is 20.6. The highest BCUT2D eigenvalue weighted by Gasteiger charge is 2.19. The first-order valence-electron chi connectivity index (χ1n) is 7.87. The SMILES string of the molecule is CCN(c1cccc(S(=O)(=O)CCOSOOO)c1)c1nc(Cl)nc(NC)n1. The van der Waals surface area contributed by atoms with Crippen LogP contribution in [0, 0.1) is 0 Å². The van der Waals surface area contributed by atoms with E-state index in [2.05, 4.69) is 29.6 Å². The molecule has 154 valence electrons. The molecule has 0 aliphatic rings. The van der Waals surface area contributed by atoms with Gasteiger partial charge in [-0.05, 0) is 36.7 Å². The molecule has 0 radical (unpaired) electrons. The summed E-state index contributed by atoms with van der Waals surface area (Å²) in [5, 5.41) is 14.1. The van der Waals surface area contributed by atoms with Gasteiger partial charge in [-0.1, -0.05) is 11.1 Å². The minimum atomic E-state index is -3.63. The Kier molecular flexibility index (Phi) is 8.62. The topological polar surface area (TPSA) is 136 Å². The molecule has 0 saturated carbocycles.